The third-order valence-corrected chi connectivity index (χ3v) is 2.39. The largest absolute Gasteiger partial charge is 0.399 e. The van der Waals surface area contributed by atoms with Gasteiger partial charge in [-0.3, -0.25) is 9.59 Å². The second-order valence-electron chi connectivity index (χ2n) is 4.28. The van der Waals surface area contributed by atoms with Crippen LogP contribution in [0.25, 0.3) is 0 Å². The molecule has 92 valence electrons. The molecule has 0 bridgehead atoms. The van der Waals surface area contributed by atoms with Crippen LogP contribution >= 0.6 is 0 Å². The molecule has 0 heterocycles. The minimum atomic E-state index is -0.951. The molecule has 0 saturated heterocycles. The molecule has 1 rings (SSSR count). The van der Waals surface area contributed by atoms with Crippen molar-refractivity contribution in [3.63, 3.8) is 0 Å². The summed E-state index contributed by atoms with van der Waals surface area (Å²) in [5, 5.41) is 5.15. The third kappa shape index (κ3) is 3.21. The van der Waals surface area contributed by atoms with E-state index < -0.39 is 5.54 Å². The summed E-state index contributed by atoms with van der Waals surface area (Å²) < 4.78 is 0. The van der Waals surface area contributed by atoms with E-state index in [2.05, 4.69) is 10.6 Å². The first-order valence-electron chi connectivity index (χ1n) is 5.27. The molecule has 2 amide bonds. The van der Waals surface area contributed by atoms with E-state index >= 15 is 0 Å². The minimum Gasteiger partial charge on any atom is -0.399 e. The van der Waals surface area contributed by atoms with Crippen molar-refractivity contribution in [2.75, 3.05) is 12.8 Å². The number of anilines is 1. The Kier molecular flexibility index (Phi) is 3.73. The zero-order chi connectivity index (χ0) is 13.1. The summed E-state index contributed by atoms with van der Waals surface area (Å²) in [6, 6.07) is 6.51. The predicted molar refractivity (Wildman–Crippen MR) is 66.5 cm³/mol. The molecule has 0 aliphatic rings. The molecule has 0 aromatic heterocycles. The number of nitrogen functional groups attached to an aromatic ring is 1. The van der Waals surface area contributed by atoms with Gasteiger partial charge >= 0.3 is 0 Å². The van der Waals surface area contributed by atoms with Crippen molar-refractivity contribution in [1.82, 2.24) is 10.6 Å². The minimum absolute atomic E-state index is 0.249. The van der Waals surface area contributed by atoms with Gasteiger partial charge in [0.1, 0.15) is 5.54 Å². The fourth-order valence-electron chi connectivity index (χ4n) is 1.36. The van der Waals surface area contributed by atoms with Crippen molar-refractivity contribution < 1.29 is 9.59 Å². The normalized spacial score (nSPS) is 10.8. The predicted octanol–water partition coefficient (Wildman–Crippen LogP) is 0.523. The molecule has 0 aliphatic heterocycles. The smallest absolute Gasteiger partial charge is 0.252 e. The summed E-state index contributed by atoms with van der Waals surface area (Å²) in [7, 11) is 1.53. The highest BCUT2D eigenvalue weighted by atomic mass is 16.2. The summed E-state index contributed by atoms with van der Waals surface area (Å²) in [6.45, 7) is 3.28. The van der Waals surface area contributed by atoms with Crippen LogP contribution < -0.4 is 16.4 Å². The van der Waals surface area contributed by atoms with Gasteiger partial charge in [-0.1, -0.05) is 0 Å². The Labute approximate surface area is 100 Å². The van der Waals surface area contributed by atoms with Gasteiger partial charge < -0.3 is 16.4 Å². The Morgan fingerprint density at radius 2 is 1.71 bits per heavy atom. The number of hydrogen-bond donors (Lipinski definition) is 3. The Balaban J connectivity index is 2.79. The van der Waals surface area contributed by atoms with Gasteiger partial charge in [0, 0.05) is 18.3 Å². The van der Waals surface area contributed by atoms with Crippen molar-refractivity contribution in [3.8, 4) is 0 Å². The highest BCUT2D eigenvalue weighted by Gasteiger charge is 2.28. The molecule has 0 unspecified atom stereocenters. The van der Waals surface area contributed by atoms with Crippen molar-refractivity contribution in [2.24, 2.45) is 0 Å². The lowest BCUT2D eigenvalue weighted by Crippen LogP contribution is -2.53. The van der Waals surface area contributed by atoms with Crippen molar-refractivity contribution in [3.05, 3.63) is 29.8 Å². The van der Waals surface area contributed by atoms with Gasteiger partial charge in [0.2, 0.25) is 5.91 Å². The van der Waals surface area contributed by atoms with Gasteiger partial charge in [-0.25, -0.2) is 0 Å². The molecule has 0 spiro atoms. The maximum atomic E-state index is 11.9. The number of amides is 2. The van der Waals surface area contributed by atoms with Gasteiger partial charge in [0.15, 0.2) is 0 Å². The van der Waals surface area contributed by atoms with Gasteiger partial charge in [0.25, 0.3) is 5.91 Å². The number of carbonyl (C=O) groups excluding carboxylic acids is 2. The molecule has 0 radical (unpaired) electrons. The fourth-order valence-corrected chi connectivity index (χ4v) is 1.36. The van der Waals surface area contributed by atoms with E-state index in [-0.39, 0.29) is 11.8 Å². The molecule has 0 saturated carbocycles. The fraction of sp³-hybridized carbons (Fsp3) is 0.333. The van der Waals surface area contributed by atoms with Crippen LogP contribution in [0.1, 0.15) is 24.2 Å². The van der Waals surface area contributed by atoms with E-state index in [1.807, 2.05) is 0 Å². The topological polar surface area (TPSA) is 84.2 Å². The van der Waals surface area contributed by atoms with E-state index in [1.54, 1.807) is 38.1 Å². The number of rotatable bonds is 3. The Morgan fingerprint density at radius 3 is 2.18 bits per heavy atom. The number of benzene rings is 1. The maximum absolute atomic E-state index is 11.9. The lowest BCUT2D eigenvalue weighted by atomic mass is 10.0. The first kappa shape index (κ1) is 13.0. The molecule has 5 nitrogen and oxygen atoms in total. The van der Waals surface area contributed by atoms with E-state index in [0.717, 1.165) is 0 Å². The Hall–Kier alpha value is -2.04. The van der Waals surface area contributed by atoms with Crippen LogP contribution in [0.15, 0.2) is 24.3 Å². The summed E-state index contributed by atoms with van der Waals surface area (Å²) in [5.41, 5.74) is 5.64. The monoisotopic (exact) mass is 235 g/mol. The van der Waals surface area contributed by atoms with E-state index in [9.17, 15) is 9.59 Å². The molecule has 4 N–H and O–H groups in total. The first-order valence-corrected chi connectivity index (χ1v) is 5.27. The number of nitrogens with two attached hydrogens (primary N) is 1. The second-order valence-corrected chi connectivity index (χ2v) is 4.28. The van der Waals surface area contributed by atoms with Crippen molar-refractivity contribution >= 4 is 17.5 Å². The molecule has 0 aliphatic carbocycles. The van der Waals surface area contributed by atoms with E-state index in [4.69, 9.17) is 5.73 Å². The Bertz CT molecular complexity index is 424. The van der Waals surface area contributed by atoms with Gasteiger partial charge in [0.05, 0.1) is 0 Å². The van der Waals surface area contributed by atoms with Crippen LogP contribution in [-0.4, -0.2) is 24.4 Å². The number of hydrogen-bond acceptors (Lipinski definition) is 3. The molecule has 17 heavy (non-hydrogen) atoms. The van der Waals surface area contributed by atoms with E-state index in [1.165, 1.54) is 7.05 Å². The maximum Gasteiger partial charge on any atom is 0.252 e. The van der Waals surface area contributed by atoms with Crippen LogP contribution in [-0.2, 0) is 4.79 Å². The van der Waals surface area contributed by atoms with Crippen LogP contribution in [0.5, 0.6) is 0 Å². The van der Waals surface area contributed by atoms with Gasteiger partial charge in [-0.05, 0) is 38.1 Å². The van der Waals surface area contributed by atoms with Gasteiger partial charge in [-0.15, -0.1) is 0 Å². The Morgan fingerprint density at radius 1 is 1.18 bits per heavy atom. The summed E-state index contributed by atoms with van der Waals surface area (Å²) in [4.78, 5) is 23.4. The second kappa shape index (κ2) is 4.86. The molecule has 1 aromatic rings. The summed E-state index contributed by atoms with van der Waals surface area (Å²) in [6.07, 6.45) is 0. The zero-order valence-electron chi connectivity index (χ0n) is 10.2. The highest BCUT2D eigenvalue weighted by Crippen LogP contribution is 2.08. The highest BCUT2D eigenvalue weighted by molar-refractivity contribution is 5.99. The summed E-state index contributed by atoms with van der Waals surface area (Å²) >= 11 is 0. The number of likely N-dealkylation sites (N-methyl/N-ethyl adjacent to an activating group) is 1. The third-order valence-electron chi connectivity index (χ3n) is 2.39. The molecular weight excluding hydrogens is 218 g/mol. The standard InChI is InChI=1S/C12H17N3O2/c1-12(2,11(17)14-3)15-10(16)8-4-6-9(13)7-5-8/h4-7H,13H2,1-3H3,(H,14,17)(H,15,16). The quantitative estimate of drug-likeness (QED) is 0.668. The molecular formula is C12H17N3O2. The number of carbonyl (C=O) groups is 2. The van der Waals surface area contributed by atoms with Crippen molar-refractivity contribution in [1.29, 1.82) is 0 Å². The average Bonchev–Trinajstić information content (AvgIpc) is 2.28. The van der Waals surface area contributed by atoms with Crippen LogP contribution in [0.3, 0.4) is 0 Å². The molecule has 1 aromatic carbocycles. The average molecular weight is 235 g/mol. The lowest BCUT2D eigenvalue weighted by Gasteiger charge is -2.24. The molecule has 5 heteroatoms. The first-order chi connectivity index (χ1) is 7.86. The van der Waals surface area contributed by atoms with Crippen LogP contribution in [0, 0.1) is 0 Å². The van der Waals surface area contributed by atoms with Gasteiger partial charge in [-0.2, -0.15) is 0 Å². The number of nitrogens with one attached hydrogen (secondary N) is 2. The van der Waals surface area contributed by atoms with E-state index in [0.29, 0.717) is 11.3 Å². The van der Waals surface area contributed by atoms with Crippen molar-refractivity contribution in [2.45, 2.75) is 19.4 Å². The SMILES string of the molecule is CNC(=O)C(C)(C)NC(=O)c1ccc(N)cc1. The van der Waals surface area contributed by atoms with Crippen LogP contribution in [0.2, 0.25) is 0 Å². The summed E-state index contributed by atoms with van der Waals surface area (Å²) in [5.74, 6) is -0.556. The molecule has 0 atom stereocenters. The lowest BCUT2D eigenvalue weighted by molar-refractivity contribution is -0.125. The zero-order valence-corrected chi connectivity index (χ0v) is 10.2. The molecule has 0 fully saturated rings. The van der Waals surface area contributed by atoms with Crippen LogP contribution in [0.4, 0.5) is 5.69 Å².